The number of halogens is 1. The van der Waals surface area contributed by atoms with E-state index in [1.165, 1.54) is 10.9 Å². The molecule has 1 heterocycles. The van der Waals surface area contributed by atoms with E-state index in [0.29, 0.717) is 23.1 Å². The molecule has 0 saturated heterocycles. The number of aliphatic hydroxyl groups is 2. The van der Waals surface area contributed by atoms with Crippen LogP contribution in [0.15, 0.2) is 6.20 Å². The Morgan fingerprint density at radius 2 is 2.29 bits per heavy atom. The molecule has 2 unspecified atom stereocenters. The van der Waals surface area contributed by atoms with E-state index in [4.69, 9.17) is 5.73 Å². The van der Waals surface area contributed by atoms with Crippen LogP contribution in [0.4, 0.5) is 5.82 Å². The van der Waals surface area contributed by atoms with Crippen LogP contribution in [0, 0.1) is 0 Å². The van der Waals surface area contributed by atoms with Gasteiger partial charge in [-0.1, -0.05) is 15.9 Å². The average Bonchev–Trinajstić information content (AvgIpc) is 2.47. The van der Waals surface area contributed by atoms with Crippen molar-refractivity contribution in [1.82, 2.24) is 9.78 Å². The molecule has 6 heteroatoms. The smallest absolute Gasteiger partial charge is 0.127 e. The Hall–Kier alpha value is -0.590. The van der Waals surface area contributed by atoms with Gasteiger partial charge in [0.2, 0.25) is 0 Å². The standard InChI is InChI=1S/C8H14BrN3O2/c1-12-8(10)5(4-11-12)7(14)6(13)2-3-9/h4,6-7,13-14H,2-3,10H2,1H3. The third-order valence-corrected chi connectivity index (χ3v) is 2.56. The van der Waals surface area contributed by atoms with Gasteiger partial charge in [-0.2, -0.15) is 5.10 Å². The first-order valence-electron chi connectivity index (χ1n) is 4.27. The van der Waals surface area contributed by atoms with Crippen molar-refractivity contribution in [2.75, 3.05) is 11.1 Å². The van der Waals surface area contributed by atoms with E-state index in [9.17, 15) is 10.2 Å². The van der Waals surface area contributed by atoms with Crippen molar-refractivity contribution in [2.24, 2.45) is 7.05 Å². The van der Waals surface area contributed by atoms with E-state index in [2.05, 4.69) is 21.0 Å². The summed E-state index contributed by atoms with van der Waals surface area (Å²) >= 11 is 3.19. The van der Waals surface area contributed by atoms with Crippen LogP contribution in [0.5, 0.6) is 0 Å². The highest BCUT2D eigenvalue weighted by Gasteiger charge is 2.21. The third-order valence-electron chi connectivity index (χ3n) is 2.10. The van der Waals surface area contributed by atoms with Gasteiger partial charge in [-0.05, 0) is 6.42 Å². The summed E-state index contributed by atoms with van der Waals surface area (Å²) in [4.78, 5) is 0. The molecule has 0 radical (unpaired) electrons. The minimum atomic E-state index is -0.971. The van der Waals surface area contributed by atoms with Gasteiger partial charge in [0.1, 0.15) is 11.9 Å². The molecule has 0 aliphatic carbocycles. The fourth-order valence-corrected chi connectivity index (χ4v) is 1.64. The number of nitrogen functional groups attached to an aromatic ring is 1. The topological polar surface area (TPSA) is 84.3 Å². The summed E-state index contributed by atoms with van der Waals surface area (Å²) in [5.41, 5.74) is 6.13. The molecule has 0 aliphatic rings. The predicted octanol–water partition coefficient (Wildman–Crippen LogP) is 0.182. The number of aliphatic hydroxyl groups excluding tert-OH is 2. The van der Waals surface area contributed by atoms with Crippen molar-refractivity contribution in [3.63, 3.8) is 0 Å². The Labute approximate surface area is 90.7 Å². The first-order chi connectivity index (χ1) is 6.57. The summed E-state index contributed by atoms with van der Waals surface area (Å²) in [5.74, 6) is 0.381. The van der Waals surface area contributed by atoms with E-state index in [1.807, 2.05) is 0 Å². The first kappa shape index (κ1) is 11.5. The van der Waals surface area contributed by atoms with Gasteiger partial charge >= 0.3 is 0 Å². The molecule has 0 fully saturated rings. The lowest BCUT2D eigenvalue weighted by atomic mass is 10.1. The number of aromatic nitrogens is 2. The lowest BCUT2D eigenvalue weighted by molar-refractivity contribution is 0.0178. The summed E-state index contributed by atoms with van der Waals surface area (Å²) in [6, 6.07) is 0. The summed E-state index contributed by atoms with van der Waals surface area (Å²) in [5, 5.41) is 23.8. The summed E-state index contributed by atoms with van der Waals surface area (Å²) in [6.45, 7) is 0. The number of nitrogens with zero attached hydrogens (tertiary/aromatic N) is 2. The van der Waals surface area contributed by atoms with Crippen LogP contribution >= 0.6 is 15.9 Å². The average molecular weight is 264 g/mol. The van der Waals surface area contributed by atoms with Crippen LogP contribution in [-0.4, -0.2) is 31.4 Å². The Morgan fingerprint density at radius 3 is 2.71 bits per heavy atom. The molecule has 5 nitrogen and oxygen atoms in total. The van der Waals surface area contributed by atoms with Crippen molar-refractivity contribution >= 4 is 21.7 Å². The molecule has 0 aliphatic heterocycles. The monoisotopic (exact) mass is 263 g/mol. The zero-order valence-corrected chi connectivity index (χ0v) is 9.48. The van der Waals surface area contributed by atoms with Gasteiger partial charge in [-0.25, -0.2) is 0 Å². The van der Waals surface area contributed by atoms with E-state index >= 15 is 0 Å². The maximum atomic E-state index is 9.71. The molecular formula is C8H14BrN3O2. The van der Waals surface area contributed by atoms with Gasteiger partial charge < -0.3 is 15.9 Å². The second-order valence-corrected chi connectivity index (χ2v) is 3.89. The molecule has 14 heavy (non-hydrogen) atoms. The molecule has 0 saturated carbocycles. The Morgan fingerprint density at radius 1 is 1.64 bits per heavy atom. The van der Waals surface area contributed by atoms with Crippen molar-refractivity contribution < 1.29 is 10.2 Å². The highest BCUT2D eigenvalue weighted by atomic mass is 79.9. The second kappa shape index (κ2) is 4.77. The Kier molecular flexibility index (Phi) is 3.91. The van der Waals surface area contributed by atoms with Crippen molar-refractivity contribution in [2.45, 2.75) is 18.6 Å². The fraction of sp³-hybridized carbons (Fsp3) is 0.625. The van der Waals surface area contributed by atoms with Crippen LogP contribution in [0.3, 0.4) is 0 Å². The quantitative estimate of drug-likeness (QED) is 0.677. The SMILES string of the molecule is Cn1ncc(C(O)C(O)CCBr)c1N. The normalized spacial score (nSPS) is 15.4. The van der Waals surface area contributed by atoms with E-state index in [-0.39, 0.29) is 0 Å². The van der Waals surface area contributed by atoms with Crippen molar-refractivity contribution in [3.05, 3.63) is 11.8 Å². The van der Waals surface area contributed by atoms with E-state index in [1.54, 1.807) is 7.05 Å². The number of hydrogen-bond acceptors (Lipinski definition) is 4. The van der Waals surface area contributed by atoms with Gasteiger partial charge in [0.05, 0.1) is 12.3 Å². The lowest BCUT2D eigenvalue weighted by Gasteiger charge is -2.16. The van der Waals surface area contributed by atoms with Gasteiger partial charge in [-0.15, -0.1) is 0 Å². The molecule has 80 valence electrons. The maximum absolute atomic E-state index is 9.71. The lowest BCUT2D eigenvalue weighted by Crippen LogP contribution is -2.19. The molecule has 1 rings (SSSR count). The predicted molar refractivity (Wildman–Crippen MR) is 57.0 cm³/mol. The molecular weight excluding hydrogens is 250 g/mol. The van der Waals surface area contributed by atoms with Gasteiger partial charge in [0.15, 0.2) is 0 Å². The largest absolute Gasteiger partial charge is 0.390 e. The summed E-state index contributed by atoms with van der Waals surface area (Å²) in [7, 11) is 1.68. The first-order valence-corrected chi connectivity index (χ1v) is 5.39. The molecule has 1 aromatic heterocycles. The van der Waals surface area contributed by atoms with E-state index in [0.717, 1.165) is 0 Å². The summed E-state index contributed by atoms with van der Waals surface area (Å²) in [6.07, 6.45) is 0.148. The van der Waals surface area contributed by atoms with Gasteiger partial charge in [-0.3, -0.25) is 4.68 Å². The number of hydrogen-bond donors (Lipinski definition) is 3. The number of rotatable bonds is 4. The molecule has 0 bridgehead atoms. The van der Waals surface area contributed by atoms with Crippen LogP contribution in [0.2, 0.25) is 0 Å². The minimum absolute atomic E-state index is 0.381. The van der Waals surface area contributed by atoms with E-state index < -0.39 is 12.2 Å². The fourth-order valence-electron chi connectivity index (χ4n) is 1.17. The number of alkyl halides is 1. The second-order valence-electron chi connectivity index (χ2n) is 3.10. The van der Waals surface area contributed by atoms with Gasteiger partial charge in [0, 0.05) is 17.9 Å². The maximum Gasteiger partial charge on any atom is 0.127 e. The van der Waals surface area contributed by atoms with Crippen LogP contribution in [-0.2, 0) is 7.05 Å². The molecule has 0 spiro atoms. The zero-order valence-electron chi connectivity index (χ0n) is 7.89. The summed E-state index contributed by atoms with van der Waals surface area (Å²) < 4.78 is 1.46. The molecule has 2 atom stereocenters. The van der Waals surface area contributed by atoms with Crippen LogP contribution < -0.4 is 5.73 Å². The highest BCUT2D eigenvalue weighted by molar-refractivity contribution is 9.09. The Bertz CT molecular complexity index is 303. The van der Waals surface area contributed by atoms with Crippen molar-refractivity contribution in [1.29, 1.82) is 0 Å². The molecule has 0 aromatic carbocycles. The van der Waals surface area contributed by atoms with Crippen LogP contribution in [0.25, 0.3) is 0 Å². The highest BCUT2D eigenvalue weighted by Crippen LogP contribution is 2.23. The van der Waals surface area contributed by atoms with Crippen LogP contribution in [0.1, 0.15) is 18.1 Å². The van der Waals surface area contributed by atoms with Gasteiger partial charge in [0.25, 0.3) is 0 Å². The Balaban J connectivity index is 2.78. The molecule has 4 N–H and O–H groups in total. The van der Waals surface area contributed by atoms with Crippen molar-refractivity contribution in [3.8, 4) is 0 Å². The molecule has 1 aromatic rings. The molecule has 0 amide bonds. The third kappa shape index (κ3) is 2.26. The minimum Gasteiger partial charge on any atom is -0.390 e. The number of nitrogens with two attached hydrogens (primary N) is 1. The zero-order chi connectivity index (χ0) is 10.7. The number of aryl methyl sites for hydroxylation is 1. The number of anilines is 1.